The smallest absolute Gasteiger partial charge is 0.282 e. The van der Waals surface area contributed by atoms with Gasteiger partial charge in [-0.3, -0.25) is 9.59 Å². The molecule has 2 atom stereocenters. The number of carbonyl (C=O) groups excluding carboxylic acids is 2. The highest BCUT2D eigenvalue weighted by Crippen LogP contribution is 2.29. The molecule has 0 unspecified atom stereocenters. The lowest BCUT2D eigenvalue weighted by molar-refractivity contribution is -0.142. The summed E-state index contributed by atoms with van der Waals surface area (Å²) in [7, 11) is -3.69. The number of piperidine rings is 1. The second-order valence-corrected chi connectivity index (χ2v) is 11.7. The molecule has 2 amide bonds. The van der Waals surface area contributed by atoms with Crippen LogP contribution in [-0.4, -0.2) is 72.5 Å². The van der Waals surface area contributed by atoms with Crippen LogP contribution in [0.3, 0.4) is 0 Å². The van der Waals surface area contributed by atoms with Crippen LogP contribution in [0.4, 0.5) is 0 Å². The SMILES string of the molecule is N#CC1CN(S(=O)(=O)N2CCC[C@H](C(=O)N3CCC[C@@H]3C(=O)NCc3cccc(Cl)c3Cl)C2)C1. The van der Waals surface area contributed by atoms with E-state index in [0.29, 0.717) is 54.4 Å². The van der Waals surface area contributed by atoms with Crippen LogP contribution in [0.2, 0.25) is 10.0 Å². The lowest BCUT2D eigenvalue weighted by Gasteiger charge is -2.41. The molecule has 0 aliphatic carbocycles. The van der Waals surface area contributed by atoms with Crippen molar-refractivity contribution in [3.8, 4) is 6.07 Å². The highest BCUT2D eigenvalue weighted by atomic mass is 35.5. The summed E-state index contributed by atoms with van der Waals surface area (Å²) >= 11 is 12.2. The minimum atomic E-state index is -3.69. The molecule has 0 spiro atoms. The van der Waals surface area contributed by atoms with Crippen LogP contribution in [0.5, 0.6) is 0 Å². The van der Waals surface area contributed by atoms with Crippen molar-refractivity contribution in [2.75, 3.05) is 32.7 Å². The Morgan fingerprint density at radius 2 is 1.82 bits per heavy atom. The van der Waals surface area contributed by atoms with Crippen molar-refractivity contribution >= 4 is 45.2 Å². The number of nitrogens with one attached hydrogen (secondary N) is 1. The van der Waals surface area contributed by atoms with Crippen molar-refractivity contribution in [3.05, 3.63) is 33.8 Å². The lowest BCUT2D eigenvalue weighted by Crippen LogP contribution is -2.57. The van der Waals surface area contributed by atoms with Crippen molar-refractivity contribution in [1.29, 1.82) is 5.26 Å². The summed E-state index contributed by atoms with van der Waals surface area (Å²) in [5.41, 5.74) is 0.691. The first-order chi connectivity index (χ1) is 16.2. The fraction of sp³-hybridized carbons (Fsp3) is 0.591. The van der Waals surface area contributed by atoms with E-state index in [4.69, 9.17) is 28.5 Å². The zero-order valence-electron chi connectivity index (χ0n) is 18.6. The van der Waals surface area contributed by atoms with Gasteiger partial charge in [0.1, 0.15) is 6.04 Å². The predicted molar refractivity (Wildman–Crippen MR) is 127 cm³/mol. The van der Waals surface area contributed by atoms with Crippen molar-refractivity contribution in [2.24, 2.45) is 11.8 Å². The molecule has 3 saturated heterocycles. The van der Waals surface area contributed by atoms with Gasteiger partial charge in [-0.05, 0) is 37.3 Å². The monoisotopic (exact) mass is 527 g/mol. The van der Waals surface area contributed by atoms with Crippen LogP contribution < -0.4 is 5.32 Å². The van der Waals surface area contributed by atoms with Crippen LogP contribution in [0.25, 0.3) is 0 Å². The van der Waals surface area contributed by atoms with Gasteiger partial charge in [0.15, 0.2) is 0 Å². The maximum absolute atomic E-state index is 13.3. The molecular weight excluding hydrogens is 501 g/mol. The number of nitriles is 1. The summed E-state index contributed by atoms with van der Waals surface area (Å²) in [6.45, 7) is 1.50. The van der Waals surface area contributed by atoms with Gasteiger partial charge in [0.05, 0.1) is 28.0 Å². The van der Waals surface area contributed by atoms with Gasteiger partial charge in [0, 0.05) is 39.3 Å². The summed E-state index contributed by atoms with van der Waals surface area (Å²) in [6.07, 6.45) is 2.41. The van der Waals surface area contributed by atoms with E-state index < -0.39 is 22.2 Å². The minimum absolute atomic E-state index is 0.0951. The molecule has 12 heteroatoms. The molecule has 1 aromatic carbocycles. The molecule has 1 N–H and O–H groups in total. The van der Waals surface area contributed by atoms with E-state index in [1.54, 1.807) is 23.1 Å². The van der Waals surface area contributed by atoms with E-state index in [1.807, 2.05) is 0 Å². The average molecular weight is 528 g/mol. The van der Waals surface area contributed by atoms with Crippen LogP contribution in [-0.2, 0) is 26.3 Å². The molecule has 3 heterocycles. The lowest BCUT2D eigenvalue weighted by atomic mass is 9.97. The van der Waals surface area contributed by atoms with Gasteiger partial charge in [0.2, 0.25) is 11.8 Å². The number of hydrogen-bond donors (Lipinski definition) is 1. The Hall–Kier alpha value is -1.90. The third-order valence-electron chi connectivity index (χ3n) is 6.74. The minimum Gasteiger partial charge on any atom is -0.350 e. The van der Waals surface area contributed by atoms with Crippen molar-refractivity contribution < 1.29 is 18.0 Å². The Bertz CT molecular complexity index is 1100. The number of rotatable bonds is 6. The number of nitrogens with zero attached hydrogens (tertiary/aromatic N) is 4. The molecule has 34 heavy (non-hydrogen) atoms. The van der Waals surface area contributed by atoms with Crippen molar-refractivity contribution in [2.45, 2.75) is 38.3 Å². The first-order valence-corrected chi connectivity index (χ1v) is 13.5. The maximum Gasteiger partial charge on any atom is 0.282 e. The van der Waals surface area contributed by atoms with Gasteiger partial charge in [0.25, 0.3) is 10.2 Å². The number of amides is 2. The molecule has 3 aliphatic rings. The predicted octanol–water partition coefficient (Wildman–Crippen LogP) is 2.01. The van der Waals surface area contributed by atoms with Gasteiger partial charge in [-0.15, -0.1) is 0 Å². The highest BCUT2D eigenvalue weighted by molar-refractivity contribution is 7.86. The second-order valence-electron chi connectivity index (χ2n) is 8.97. The van der Waals surface area contributed by atoms with Crippen molar-refractivity contribution in [1.82, 2.24) is 18.8 Å². The molecular formula is C22H27Cl2N5O4S. The Kier molecular flexibility index (Phi) is 7.69. The first kappa shape index (κ1) is 25.2. The molecule has 3 aliphatic heterocycles. The molecule has 184 valence electrons. The average Bonchev–Trinajstić information content (AvgIpc) is 3.28. The van der Waals surface area contributed by atoms with Gasteiger partial charge >= 0.3 is 0 Å². The quantitative estimate of drug-likeness (QED) is 0.607. The van der Waals surface area contributed by atoms with Crippen LogP contribution in [0, 0.1) is 23.2 Å². The van der Waals surface area contributed by atoms with E-state index >= 15 is 0 Å². The Morgan fingerprint density at radius 3 is 2.56 bits per heavy atom. The molecule has 0 saturated carbocycles. The van der Waals surface area contributed by atoms with Gasteiger partial charge in [-0.2, -0.15) is 22.3 Å². The standard InChI is InChI=1S/C22H27Cl2N5O4S/c23-18-6-1-4-16(20(18)24)11-26-21(30)19-7-3-9-29(19)22(31)17-5-2-8-27(14-17)34(32,33)28-12-15(10-25)13-28/h1,4,6,15,17,19H,2-3,5,7-9,11-14H2,(H,26,30)/t17-,19+/m0/s1. The van der Waals surface area contributed by atoms with Crippen LogP contribution >= 0.6 is 23.2 Å². The topological polar surface area (TPSA) is 114 Å². The zero-order chi connectivity index (χ0) is 24.5. The normalized spacial score (nSPS) is 24.4. The molecule has 1 aromatic rings. The van der Waals surface area contributed by atoms with E-state index in [9.17, 15) is 18.0 Å². The highest BCUT2D eigenvalue weighted by Gasteiger charge is 2.44. The number of benzene rings is 1. The van der Waals surface area contributed by atoms with Gasteiger partial charge < -0.3 is 10.2 Å². The molecule has 9 nitrogen and oxygen atoms in total. The second kappa shape index (κ2) is 10.4. The van der Waals surface area contributed by atoms with Crippen LogP contribution in [0.15, 0.2) is 18.2 Å². The zero-order valence-corrected chi connectivity index (χ0v) is 20.9. The molecule has 0 bridgehead atoms. The summed E-state index contributed by atoms with van der Waals surface area (Å²) in [5, 5.41) is 12.6. The first-order valence-electron chi connectivity index (χ1n) is 11.4. The summed E-state index contributed by atoms with van der Waals surface area (Å²) < 4.78 is 28.4. The fourth-order valence-electron chi connectivity index (χ4n) is 4.75. The maximum atomic E-state index is 13.3. The number of halogens is 2. The molecule has 4 rings (SSSR count). The summed E-state index contributed by atoms with van der Waals surface area (Å²) in [6, 6.07) is 6.69. The Balaban J connectivity index is 1.37. The van der Waals surface area contributed by atoms with Crippen molar-refractivity contribution in [3.63, 3.8) is 0 Å². The van der Waals surface area contributed by atoms with Crippen LogP contribution in [0.1, 0.15) is 31.2 Å². The van der Waals surface area contributed by atoms with Gasteiger partial charge in [-0.25, -0.2) is 0 Å². The number of likely N-dealkylation sites (tertiary alicyclic amines) is 1. The summed E-state index contributed by atoms with van der Waals surface area (Å²) in [4.78, 5) is 27.8. The number of hydrogen-bond acceptors (Lipinski definition) is 5. The third kappa shape index (κ3) is 5.04. The molecule has 0 aromatic heterocycles. The largest absolute Gasteiger partial charge is 0.350 e. The Labute approximate surface area is 209 Å². The van der Waals surface area contributed by atoms with E-state index in [1.165, 1.54) is 8.61 Å². The van der Waals surface area contributed by atoms with E-state index in [0.717, 1.165) is 0 Å². The fourth-order valence-corrected chi connectivity index (χ4v) is 6.93. The summed E-state index contributed by atoms with van der Waals surface area (Å²) in [5.74, 6) is -1.21. The molecule has 3 fully saturated rings. The third-order valence-corrected chi connectivity index (χ3v) is 9.53. The van der Waals surface area contributed by atoms with Gasteiger partial charge in [-0.1, -0.05) is 35.3 Å². The van der Waals surface area contributed by atoms with E-state index in [2.05, 4.69) is 11.4 Å². The molecule has 0 radical (unpaired) electrons. The Morgan fingerprint density at radius 1 is 1.09 bits per heavy atom. The number of carbonyl (C=O) groups is 2. The van der Waals surface area contributed by atoms with E-state index in [-0.39, 0.29) is 43.9 Å².